The number of ether oxygens (including phenoxy) is 1. The minimum absolute atomic E-state index is 0.327. The van der Waals surface area contributed by atoms with Crippen molar-refractivity contribution in [2.45, 2.75) is 6.92 Å². The Morgan fingerprint density at radius 1 is 1.40 bits per heavy atom. The van der Waals surface area contributed by atoms with E-state index >= 15 is 0 Å². The van der Waals surface area contributed by atoms with Gasteiger partial charge in [0, 0.05) is 31.1 Å². The maximum Gasteiger partial charge on any atom is 0.223 e. The first-order chi connectivity index (χ1) is 9.72. The Kier molecular flexibility index (Phi) is 4.00. The van der Waals surface area contributed by atoms with Crippen molar-refractivity contribution in [1.29, 1.82) is 0 Å². The average Bonchev–Trinajstić information content (AvgIpc) is 2.80. The standard InChI is InChI=1S/C13H19N5OS/c1-9-8-10-11(16-13(14)17-12(10)20-9)15-2-3-18-4-6-19-7-5-18/h8H,2-7H2,1H3,(H3,14,15,16,17). The largest absolute Gasteiger partial charge is 0.379 e. The number of nitrogen functional groups attached to an aromatic ring is 1. The Morgan fingerprint density at radius 2 is 2.20 bits per heavy atom. The smallest absolute Gasteiger partial charge is 0.223 e. The number of hydrogen-bond acceptors (Lipinski definition) is 7. The molecule has 1 fully saturated rings. The first-order valence-electron chi connectivity index (χ1n) is 6.80. The van der Waals surface area contributed by atoms with Crippen LogP contribution in [0.3, 0.4) is 0 Å². The normalized spacial score (nSPS) is 16.6. The second-order valence-corrected chi connectivity index (χ2v) is 6.12. The third kappa shape index (κ3) is 3.00. The van der Waals surface area contributed by atoms with Crippen LogP contribution in [0, 0.1) is 6.92 Å². The summed E-state index contributed by atoms with van der Waals surface area (Å²) in [6.45, 7) is 7.56. The molecular weight excluding hydrogens is 274 g/mol. The van der Waals surface area contributed by atoms with Crippen molar-refractivity contribution in [3.8, 4) is 0 Å². The molecule has 7 heteroatoms. The van der Waals surface area contributed by atoms with Gasteiger partial charge < -0.3 is 15.8 Å². The number of fused-ring (bicyclic) bond motifs is 1. The van der Waals surface area contributed by atoms with Gasteiger partial charge in [-0.25, -0.2) is 4.98 Å². The van der Waals surface area contributed by atoms with Crippen molar-refractivity contribution in [3.05, 3.63) is 10.9 Å². The van der Waals surface area contributed by atoms with Crippen molar-refractivity contribution in [3.63, 3.8) is 0 Å². The molecule has 1 aliphatic heterocycles. The summed E-state index contributed by atoms with van der Waals surface area (Å²) in [5, 5.41) is 4.44. The van der Waals surface area contributed by atoms with Crippen LogP contribution in [0.2, 0.25) is 0 Å². The SMILES string of the molecule is Cc1cc2c(NCCN3CCOCC3)nc(N)nc2s1. The van der Waals surface area contributed by atoms with Gasteiger partial charge in [0.1, 0.15) is 10.6 Å². The molecule has 0 spiro atoms. The molecule has 0 atom stereocenters. The fraction of sp³-hybridized carbons (Fsp3) is 0.538. The number of nitrogens with two attached hydrogens (primary N) is 1. The average molecular weight is 293 g/mol. The quantitative estimate of drug-likeness (QED) is 0.885. The van der Waals surface area contributed by atoms with Crippen LogP contribution >= 0.6 is 11.3 Å². The van der Waals surface area contributed by atoms with Crippen LogP contribution in [0.15, 0.2) is 6.07 Å². The maximum absolute atomic E-state index is 5.77. The highest BCUT2D eigenvalue weighted by molar-refractivity contribution is 7.18. The van der Waals surface area contributed by atoms with Crippen molar-refractivity contribution < 1.29 is 4.74 Å². The van der Waals surface area contributed by atoms with Crippen molar-refractivity contribution in [2.75, 3.05) is 50.4 Å². The third-order valence-corrected chi connectivity index (χ3v) is 4.30. The molecule has 3 heterocycles. The van der Waals surface area contributed by atoms with E-state index in [-0.39, 0.29) is 0 Å². The first kappa shape index (κ1) is 13.5. The lowest BCUT2D eigenvalue weighted by Crippen LogP contribution is -2.39. The van der Waals surface area contributed by atoms with Gasteiger partial charge in [-0.3, -0.25) is 4.90 Å². The Bertz CT molecular complexity index is 594. The molecule has 1 saturated heterocycles. The Balaban J connectivity index is 1.67. The molecule has 2 aromatic rings. The molecule has 20 heavy (non-hydrogen) atoms. The molecule has 0 unspecified atom stereocenters. The van der Waals surface area contributed by atoms with Crippen LogP contribution in [0.4, 0.5) is 11.8 Å². The van der Waals surface area contributed by atoms with Gasteiger partial charge in [-0.2, -0.15) is 4.98 Å². The van der Waals surface area contributed by atoms with Crippen LogP contribution < -0.4 is 11.1 Å². The molecular formula is C13H19N5OS. The predicted octanol–water partition coefficient (Wildman–Crippen LogP) is 1.33. The van der Waals surface area contributed by atoms with Crippen LogP contribution in [0.1, 0.15) is 4.88 Å². The summed E-state index contributed by atoms with van der Waals surface area (Å²) in [5.74, 6) is 1.17. The zero-order valence-corrected chi connectivity index (χ0v) is 12.4. The van der Waals surface area contributed by atoms with Gasteiger partial charge in [-0.15, -0.1) is 11.3 Å². The molecule has 0 radical (unpaired) electrons. The highest BCUT2D eigenvalue weighted by Crippen LogP contribution is 2.28. The Morgan fingerprint density at radius 3 is 3.00 bits per heavy atom. The second-order valence-electron chi connectivity index (χ2n) is 4.89. The summed E-state index contributed by atoms with van der Waals surface area (Å²) in [4.78, 5) is 13.1. The fourth-order valence-corrected chi connectivity index (χ4v) is 3.24. The van der Waals surface area contributed by atoms with E-state index in [1.807, 2.05) is 0 Å². The van der Waals surface area contributed by atoms with Gasteiger partial charge in [-0.1, -0.05) is 0 Å². The summed E-state index contributed by atoms with van der Waals surface area (Å²) in [5.41, 5.74) is 5.77. The third-order valence-electron chi connectivity index (χ3n) is 3.36. The topological polar surface area (TPSA) is 76.3 Å². The Hall–Kier alpha value is -1.44. The molecule has 2 aromatic heterocycles. The second kappa shape index (κ2) is 5.90. The summed E-state index contributed by atoms with van der Waals surface area (Å²) >= 11 is 1.64. The number of aryl methyl sites for hydroxylation is 1. The van der Waals surface area contributed by atoms with Gasteiger partial charge >= 0.3 is 0 Å². The highest BCUT2D eigenvalue weighted by Gasteiger charge is 2.11. The minimum atomic E-state index is 0.327. The van der Waals surface area contributed by atoms with Gasteiger partial charge in [0.2, 0.25) is 5.95 Å². The number of thiophene rings is 1. The lowest BCUT2D eigenvalue weighted by molar-refractivity contribution is 0.0398. The first-order valence-corrected chi connectivity index (χ1v) is 7.61. The van der Waals surface area contributed by atoms with Crippen LogP contribution in [0.5, 0.6) is 0 Å². The van der Waals surface area contributed by atoms with Crippen molar-refractivity contribution in [1.82, 2.24) is 14.9 Å². The summed E-state index contributed by atoms with van der Waals surface area (Å²) in [6, 6.07) is 2.11. The maximum atomic E-state index is 5.77. The molecule has 0 bridgehead atoms. The lowest BCUT2D eigenvalue weighted by Gasteiger charge is -2.26. The number of aromatic nitrogens is 2. The van der Waals surface area contributed by atoms with E-state index in [1.54, 1.807) is 11.3 Å². The van der Waals surface area contributed by atoms with Crippen LogP contribution in [0.25, 0.3) is 10.2 Å². The van der Waals surface area contributed by atoms with Crippen molar-refractivity contribution >= 4 is 33.3 Å². The van der Waals surface area contributed by atoms with E-state index in [0.717, 1.165) is 55.4 Å². The van der Waals surface area contributed by atoms with E-state index in [1.165, 1.54) is 4.88 Å². The molecule has 0 aromatic carbocycles. The van der Waals surface area contributed by atoms with E-state index in [0.29, 0.717) is 5.95 Å². The highest BCUT2D eigenvalue weighted by atomic mass is 32.1. The van der Waals surface area contributed by atoms with E-state index < -0.39 is 0 Å². The number of anilines is 2. The summed E-state index contributed by atoms with van der Waals surface area (Å²) in [6.07, 6.45) is 0. The fourth-order valence-electron chi connectivity index (χ4n) is 2.35. The van der Waals surface area contributed by atoms with Gasteiger partial charge in [-0.05, 0) is 13.0 Å². The predicted molar refractivity (Wildman–Crippen MR) is 82.3 cm³/mol. The lowest BCUT2D eigenvalue weighted by atomic mass is 10.3. The molecule has 6 nitrogen and oxygen atoms in total. The van der Waals surface area contributed by atoms with Crippen LogP contribution in [-0.2, 0) is 4.74 Å². The zero-order chi connectivity index (χ0) is 13.9. The van der Waals surface area contributed by atoms with E-state index in [9.17, 15) is 0 Å². The molecule has 0 saturated carbocycles. The number of hydrogen-bond donors (Lipinski definition) is 2. The molecule has 0 amide bonds. The minimum Gasteiger partial charge on any atom is -0.379 e. The summed E-state index contributed by atoms with van der Waals surface area (Å²) < 4.78 is 5.34. The number of nitrogens with one attached hydrogen (secondary N) is 1. The number of morpholine rings is 1. The van der Waals surface area contributed by atoms with Gasteiger partial charge in [0.05, 0.1) is 18.6 Å². The van der Waals surface area contributed by atoms with Gasteiger partial charge in [0.15, 0.2) is 0 Å². The van der Waals surface area contributed by atoms with Gasteiger partial charge in [0.25, 0.3) is 0 Å². The number of rotatable bonds is 4. The zero-order valence-electron chi connectivity index (χ0n) is 11.6. The Labute approximate surface area is 122 Å². The number of nitrogens with zero attached hydrogens (tertiary/aromatic N) is 3. The van der Waals surface area contributed by atoms with E-state index in [2.05, 4.69) is 33.2 Å². The molecule has 1 aliphatic rings. The van der Waals surface area contributed by atoms with E-state index in [4.69, 9.17) is 10.5 Å². The summed E-state index contributed by atoms with van der Waals surface area (Å²) in [7, 11) is 0. The molecule has 0 aliphatic carbocycles. The molecule has 3 rings (SSSR count). The molecule has 108 valence electrons. The van der Waals surface area contributed by atoms with Crippen LogP contribution in [-0.4, -0.2) is 54.3 Å². The van der Waals surface area contributed by atoms with Crippen molar-refractivity contribution in [2.24, 2.45) is 0 Å². The monoisotopic (exact) mass is 293 g/mol. The molecule has 3 N–H and O–H groups in total.